The molecule has 0 aliphatic rings. The van der Waals surface area contributed by atoms with Crippen molar-refractivity contribution in [3.8, 4) is 17.2 Å². The number of nitrogens with one attached hydrogen (secondary N) is 1. The molecule has 0 atom stereocenters. The smallest absolute Gasteiger partial charge is 0.258 e. The van der Waals surface area contributed by atoms with Gasteiger partial charge in [0.1, 0.15) is 5.69 Å². The van der Waals surface area contributed by atoms with Gasteiger partial charge in [-0.25, -0.2) is 0 Å². The van der Waals surface area contributed by atoms with Crippen LogP contribution in [0.2, 0.25) is 0 Å². The third-order valence-corrected chi connectivity index (χ3v) is 4.44. The number of hydrogen-bond donors (Lipinski definition) is 1. The predicted octanol–water partition coefficient (Wildman–Crippen LogP) is 4.20. The molecule has 6 nitrogen and oxygen atoms in total. The quantitative estimate of drug-likeness (QED) is 0.585. The van der Waals surface area contributed by atoms with Gasteiger partial charge in [0.05, 0.1) is 5.69 Å². The summed E-state index contributed by atoms with van der Waals surface area (Å²) in [4.78, 5) is 21.8. The summed E-state index contributed by atoms with van der Waals surface area (Å²) < 4.78 is 1.62. The van der Waals surface area contributed by atoms with Crippen LogP contribution in [0.5, 0.6) is 0 Å². The molecule has 0 spiro atoms. The van der Waals surface area contributed by atoms with Crippen molar-refractivity contribution in [2.24, 2.45) is 0 Å². The van der Waals surface area contributed by atoms with Gasteiger partial charge in [-0.05, 0) is 49.2 Å². The van der Waals surface area contributed by atoms with Crippen LogP contribution in [0.25, 0.3) is 17.2 Å². The predicted molar refractivity (Wildman–Crippen MR) is 108 cm³/mol. The molecule has 2 heterocycles. The Morgan fingerprint density at radius 3 is 2.36 bits per heavy atom. The van der Waals surface area contributed by atoms with Crippen molar-refractivity contribution in [1.29, 1.82) is 0 Å². The highest BCUT2D eigenvalue weighted by Gasteiger charge is 2.18. The van der Waals surface area contributed by atoms with E-state index in [9.17, 15) is 4.79 Å². The van der Waals surface area contributed by atoms with Gasteiger partial charge in [-0.3, -0.25) is 15.1 Å². The lowest BCUT2D eigenvalue weighted by Gasteiger charge is -2.08. The zero-order valence-corrected chi connectivity index (χ0v) is 15.6. The molecule has 4 rings (SSSR count). The number of pyridine rings is 1. The number of benzene rings is 2. The van der Waals surface area contributed by atoms with Gasteiger partial charge in [0.2, 0.25) is 11.8 Å². The molecule has 2 aromatic heterocycles. The third kappa shape index (κ3) is 3.40. The first-order valence-electron chi connectivity index (χ1n) is 8.95. The number of nitrogens with zero attached hydrogens (tertiary/aromatic N) is 4. The van der Waals surface area contributed by atoms with Crippen LogP contribution in [0.4, 0.5) is 5.95 Å². The van der Waals surface area contributed by atoms with Crippen molar-refractivity contribution in [2.45, 2.75) is 13.8 Å². The number of para-hydroxylation sites is 1. The first kappa shape index (κ1) is 17.6. The average molecular weight is 369 g/mol. The van der Waals surface area contributed by atoms with Crippen LogP contribution in [0, 0.1) is 13.8 Å². The van der Waals surface area contributed by atoms with Crippen molar-refractivity contribution in [1.82, 2.24) is 19.7 Å². The van der Waals surface area contributed by atoms with Crippen LogP contribution in [0.3, 0.4) is 0 Å². The lowest BCUT2D eigenvalue weighted by Crippen LogP contribution is -2.16. The number of amides is 1. The Labute approximate surface area is 162 Å². The summed E-state index contributed by atoms with van der Waals surface area (Å²) >= 11 is 0. The Morgan fingerprint density at radius 2 is 1.61 bits per heavy atom. The molecule has 6 heteroatoms. The molecule has 0 saturated heterocycles. The van der Waals surface area contributed by atoms with Gasteiger partial charge in [-0.15, -0.1) is 5.10 Å². The fourth-order valence-corrected chi connectivity index (χ4v) is 2.96. The minimum absolute atomic E-state index is 0.230. The lowest BCUT2D eigenvalue weighted by molar-refractivity contribution is 0.102. The maximum Gasteiger partial charge on any atom is 0.258 e. The van der Waals surface area contributed by atoms with Crippen LogP contribution in [-0.2, 0) is 0 Å². The highest BCUT2D eigenvalue weighted by molar-refractivity contribution is 6.04. The molecule has 0 fully saturated rings. The van der Waals surface area contributed by atoms with E-state index in [4.69, 9.17) is 0 Å². The molecule has 138 valence electrons. The molecular weight excluding hydrogens is 350 g/mol. The highest BCUT2D eigenvalue weighted by atomic mass is 16.1. The fraction of sp³-hybridized carbons (Fsp3) is 0.0909. The molecule has 0 saturated carbocycles. The van der Waals surface area contributed by atoms with Gasteiger partial charge in [-0.2, -0.15) is 9.67 Å². The largest absolute Gasteiger partial charge is 0.290 e. The summed E-state index contributed by atoms with van der Waals surface area (Å²) in [5, 5.41) is 7.51. The topological polar surface area (TPSA) is 72.7 Å². The van der Waals surface area contributed by atoms with Gasteiger partial charge in [0, 0.05) is 11.8 Å². The zero-order chi connectivity index (χ0) is 19.5. The number of hydrogen-bond acceptors (Lipinski definition) is 4. The van der Waals surface area contributed by atoms with Crippen LogP contribution in [0.1, 0.15) is 21.5 Å². The second-order valence-electron chi connectivity index (χ2n) is 6.44. The van der Waals surface area contributed by atoms with E-state index in [-0.39, 0.29) is 5.91 Å². The number of carbonyl (C=O) groups excluding carboxylic acids is 1. The van der Waals surface area contributed by atoms with E-state index in [1.165, 1.54) is 0 Å². The van der Waals surface area contributed by atoms with Gasteiger partial charge in [-0.1, -0.05) is 42.5 Å². The lowest BCUT2D eigenvalue weighted by atomic mass is 10.1. The van der Waals surface area contributed by atoms with E-state index >= 15 is 0 Å². The molecule has 1 amide bonds. The first-order chi connectivity index (χ1) is 13.6. The molecule has 1 N–H and O–H groups in total. The molecule has 0 bridgehead atoms. The molecule has 2 aromatic carbocycles. The molecular formula is C22H19N5O. The minimum atomic E-state index is -0.230. The normalized spacial score (nSPS) is 10.6. The second-order valence-corrected chi connectivity index (χ2v) is 6.44. The summed E-state index contributed by atoms with van der Waals surface area (Å²) in [5.74, 6) is 0.577. The van der Waals surface area contributed by atoms with Crippen LogP contribution in [-0.4, -0.2) is 25.7 Å². The van der Waals surface area contributed by atoms with Gasteiger partial charge in [0.15, 0.2) is 0 Å². The maximum absolute atomic E-state index is 12.8. The summed E-state index contributed by atoms with van der Waals surface area (Å²) in [5.41, 5.74) is 3.94. The van der Waals surface area contributed by atoms with Crippen molar-refractivity contribution < 1.29 is 4.79 Å². The van der Waals surface area contributed by atoms with E-state index in [2.05, 4.69) is 20.4 Å². The van der Waals surface area contributed by atoms with Crippen molar-refractivity contribution in [3.05, 3.63) is 89.6 Å². The summed E-state index contributed by atoms with van der Waals surface area (Å²) in [6.45, 7) is 3.86. The van der Waals surface area contributed by atoms with Crippen molar-refractivity contribution in [2.75, 3.05) is 5.32 Å². The van der Waals surface area contributed by atoms with Crippen molar-refractivity contribution >= 4 is 11.9 Å². The highest BCUT2D eigenvalue weighted by Crippen LogP contribution is 2.22. The van der Waals surface area contributed by atoms with E-state index in [0.717, 1.165) is 16.8 Å². The second kappa shape index (κ2) is 7.44. The Kier molecular flexibility index (Phi) is 4.68. The number of rotatable bonds is 4. The molecule has 28 heavy (non-hydrogen) atoms. The SMILES string of the molecule is Cc1ccccc1C(=O)Nc1nc(-c2ncccc2C)nn1-c1ccccc1. The van der Waals surface area contributed by atoms with E-state index in [1.54, 1.807) is 16.9 Å². The summed E-state index contributed by atoms with van der Waals surface area (Å²) in [6.07, 6.45) is 1.71. The summed E-state index contributed by atoms with van der Waals surface area (Å²) in [6, 6.07) is 20.8. The van der Waals surface area contributed by atoms with Gasteiger partial charge in [0.25, 0.3) is 5.91 Å². The summed E-state index contributed by atoms with van der Waals surface area (Å²) in [7, 11) is 0. The Bertz CT molecular complexity index is 1130. The fourth-order valence-electron chi connectivity index (χ4n) is 2.96. The third-order valence-electron chi connectivity index (χ3n) is 4.44. The van der Waals surface area contributed by atoms with Gasteiger partial charge < -0.3 is 0 Å². The average Bonchev–Trinajstić information content (AvgIpc) is 3.12. The molecule has 0 aliphatic heterocycles. The van der Waals surface area contributed by atoms with Gasteiger partial charge >= 0.3 is 0 Å². The number of aromatic nitrogens is 4. The van der Waals surface area contributed by atoms with Crippen molar-refractivity contribution in [3.63, 3.8) is 0 Å². The van der Waals surface area contributed by atoms with Crippen LogP contribution >= 0.6 is 0 Å². The molecule has 4 aromatic rings. The number of carbonyl (C=O) groups is 1. The Hall–Kier alpha value is -3.80. The Balaban J connectivity index is 1.78. The van der Waals surface area contributed by atoms with E-state index in [0.29, 0.717) is 23.0 Å². The van der Waals surface area contributed by atoms with E-state index in [1.807, 2.05) is 74.5 Å². The van der Waals surface area contributed by atoms with Crippen LogP contribution < -0.4 is 5.32 Å². The number of aryl methyl sites for hydroxylation is 2. The maximum atomic E-state index is 12.8. The monoisotopic (exact) mass is 369 g/mol. The first-order valence-corrected chi connectivity index (χ1v) is 8.95. The molecule has 0 unspecified atom stereocenters. The molecule has 0 aliphatic carbocycles. The Morgan fingerprint density at radius 1 is 0.893 bits per heavy atom. The standard InChI is InChI=1S/C22H19N5O/c1-15-9-6-7-13-18(15)21(28)25-22-24-20(19-16(2)10-8-14-23-19)26-27(22)17-11-4-3-5-12-17/h3-14H,1-2H3,(H,24,25,26,28). The number of anilines is 1. The minimum Gasteiger partial charge on any atom is -0.290 e. The molecule has 0 radical (unpaired) electrons. The zero-order valence-electron chi connectivity index (χ0n) is 15.6. The van der Waals surface area contributed by atoms with E-state index < -0.39 is 0 Å². The van der Waals surface area contributed by atoms with Crippen LogP contribution in [0.15, 0.2) is 72.9 Å².